The van der Waals surface area contributed by atoms with Crippen molar-refractivity contribution in [2.24, 2.45) is 37.9 Å². The molecule has 0 fully saturated rings. The van der Waals surface area contributed by atoms with E-state index in [0.717, 1.165) is 33.8 Å². The lowest BCUT2D eigenvalue weighted by Crippen LogP contribution is -2.36. The van der Waals surface area contributed by atoms with Gasteiger partial charge in [0.2, 0.25) is 17.5 Å². The second-order valence-corrected chi connectivity index (χ2v) is 40.7. The fourth-order valence-corrected chi connectivity index (χ4v) is 10.9. The lowest BCUT2D eigenvalue weighted by atomic mass is 9.95. The van der Waals surface area contributed by atoms with Crippen molar-refractivity contribution in [2.75, 3.05) is 0 Å². The Balaban J connectivity index is 0.000000209. The minimum absolute atomic E-state index is 0.0905. The maximum Gasteiger partial charge on any atom is 0.451 e. The zero-order valence-corrected chi connectivity index (χ0v) is 85.9. The van der Waals surface area contributed by atoms with Gasteiger partial charge in [0, 0.05) is 21.7 Å². The summed E-state index contributed by atoms with van der Waals surface area (Å²) in [7, 11) is 0. The third-order valence-corrected chi connectivity index (χ3v) is 21.0. The van der Waals surface area contributed by atoms with Crippen molar-refractivity contribution in [2.45, 2.75) is 254 Å². The molecule has 44 heteroatoms. The van der Waals surface area contributed by atoms with Crippen molar-refractivity contribution in [1.82, 2.24) is 80.1 Å². The Kier molecular flexibility index (Phi) is 40.3. The average molecular weight is 2100 g/mol. The maximum absolute atomic E-state index is 13.8. The van der Waals surface area contributed by atoms with Gasteiger partial charge in [-0.2, -0.15) is 94.6 Å². The summed E-state index contributed by atoms with van der Waals surface area (Å²) in [6.45, 7) is 28.7. The van der Waals surface area contributed by atoms with Crippen molar-refractivity contribution in [3.05, 3.63) is 293 Å². The number of hydrogen-bond donors (Lipinski definition) is 0. The van der Waals surface area contributed by atoms with Crippen LogP contribution in [-0.2, 0) is 92.1 Å². The van der Waals surface area contributed by atoms with Gasteiger partial charge in [0.05, 0.1) is 125 Å². The molecule has 0 aliphatic rings. The van der Waals surface area contributed by atoms with Crippen LogP contribution >= 0.6 is 11.6 Å². The Labute approximate surface area is 845 Å². The van der Waals surface area contributed by atoms with Gasteiger partial charge in [-0.05, 0) is 97.4 Å². The van der Waals surface area contributed by atoms with E-state index in [4.69, 9.17) is 34.4 Å². The number of oxazole rings is 2. The standard InChI is InChI=1S/C16H16F5NO2.2C15H19F2N3O.C15H17F2NO2.C14H16ClF2N3O.C14H17F2N3O.C14H16F2N2O2/c1-14(2,3)16(20,21)23-9-11-12(15(17,18)19)24-13(22-11)10-7-5-4-6-8-10;1-11-13(10-21-15(16,17)14(2,3)4)19-20(18-11)12-8-6-5-7-9-12;1-14(2,3)15(16,17)21-11-13-10-20(19-18-13)9-12-7-5-4-6-8-12;1-14(2,3)15(16,17)20-10-12-9-19-13(18-12)11-7-5-4-6-8-11;1-13(2,3)14(16,17)21-9-11-8-20(19-18-11)12-6-4-10(15)5-7-12;1-13(2,3)14(15,16)20-10-11-9-19(18-17-11)12-7-5-4-6-8-12;1-13(2,3)14(15,16)19-9-11-17-12(20-18-11)10-7-5-4-6-8-10/h4-8H,9H2,1-3H3;5-9H,10H2,1-4H3;4-8,10H,9,11H2,1-3H3;4-9H,10H2,1-3H3;4-8H,9H2,1-3H3;4-9H,10H2,1-3H3;4-8H,9H2,1-3H3. The van der Waals surface area contributed by atoms with Gasteiger partial charge >= 0.3 is 48.9 Å². The number of benzene rings is 7. The fourth-order valence-electron chi connectivity index (χ4n) is 10.7. The summed E-state index contributed by atoms with van der Waals surface area (Å²) in [4.78, 5) is 13.3. The monoisotopic (exact) mass is 2100 g/mol. The normalized spacial score (nSPS) is 12.8. The molecule has 0 N–H and O–H groups in total. The topological polar surface area (TPSA) is 278 Å². The lowest BCUT2D eigenvalue weighted by Gasteiger charge is -2.29. The van der Waals surface area contributed by atoms with Crippen LogP contribution in [0.2, 0.25) is 5.02 Å². The Bertz CT molecular complexity index is 6040. The van der Waals surface area contributed by atoms with Crippen molar-refractivity contribution < 1.29 is 121 Å². The molecule has 26 nitrogen and oxygen atoms in total. The summed E-state index contributed by atoms with van der Waals surface area (Å²) in [5, 5.41) is 35.9. The average Bonchev–Trinajstić information content (AvgIpc) is 1.64. The molecule has 0 aliphatic heterocycles. The SMILES string of the molecule is CC(C)(C)C(F)(F)OCc1cn(-c2ccc(Cl)cc2)nn1.CC(C)(C)C(F)(F)OCc1cn(-c2ccccc2)nn1.CC(C)(C)C(F)(F)OCc1cn(Cc2ccccc2)nn1.CC(C)(C)C(F)(F)OCc1coc(-c2ccccc2)n1.CC(C)(C)C(F)(F)OCc1nc(-c2ccccc2)oc1C(F)(F)F.CC(C)(C)C(F)(F)OCc1noc(-c2ccccc2)n1.Cc1nn(-c2ccccc2)nc1COC(F)(F)C(C)(C)C. The van der Waals surface area contributed by atoms with Crippen molar-refractivity contribution >= 4 is 11.6 Å². The zero-order chi connectivity index (χ0) is 109. The molecule has 798 valence electrons. The molecule has 14 rings (SSSR count). The van der Waals surface area contributed by atoms with Crippen LogP contribution in [0.3, 0.4) is 0 Å². The number of halogens is 18. The predicted molar refractivity (Wildman–Crippen MR) is 512 cm³/mol. The minimum atomic E-state index is -4.87. The molecule has 0 saturated heterocycles. The number of ether oxygens (including phenoxy) is 7. The molecule has 0 bridgehead atoms. The first-order valence-corrected chi connectivity index (χ1v) is 46.0. The summed E-state index contributed by atoms with van der Waals surface area (Å²) in [6, 6.07) is 61.4. The summed E-state index contributed by atoms with van der Waals surface area (Å²) in [5.74, 6) is -0.981. The Morgan fingerprint density at radius 2 is 0.639 bits per heavy atom. The highest BCUT2D eigenvalue weighted by Gasteiger charge is 2.51. The molecule has 7 heterocycles. The number of hydrogen-bond acceptors (Lipinski definition) is 22. The summed E-state index contributed by atoms with van der Waals surface area (Å²) in [6.07, 6.45) is -21.8. The smallest absolute Gasteiger partial charge is 0.444 e. The highest BCUT2D eigenvalue weighted by Crippen LogP contribution is 2.45. The fraction of sp³-hybridized carbons (Fsp3) is 0.437. The third kappa shape index (κ3) is 35.9. The van der Waals surface area contributed by atoms with Gasteiger partial charge in [0.15, 0.2) is 5.82 Å². The molecule has 7 aromatic carbocycles. The number of aromatic nitrogens is 16. The van der Waals surface area contributed by atoms with Gasteiger partial charge in [0.1, 0.15) is 47.0 Å². The molecule has 7 aromatic heterocycles. The summed E-state index contributed by atoms with van der Waals surface area (Å²) < 4.78 is 283. The first-order valence-electron chi connectivity index (χ1n) is 45.6. The van der Waals surface area contributed by atoms with Gasteiger partial charge in [0.25, 0.3) is 5.89 Å². The maximum atomic E-state index is 13.8. The molecule has 0 atom stereocenters. The highest BCUT2D eigenvalue weighted by atomic mass is 35.5. The van der Waals surface area contributed by atoms with Gasteiger partial charge in [-0.1, -0.05) is 299 Å². The number of alkyl halides is 17. The first-order chi connectivity index (χ1) is 68.0. The van der Waals surface area contributed by atoms with Gasteiger partial charge in [-0.15, -0.1) is 15.3 Å². The number of nitrogens with zero attached hydrogens (tertiary/aromatic N) is 16. The van der Waals surface area contributed by atoms with Crippen LogP contribution in [0.25, 0.3) is 51.4 Å². The third-order valence-electron chi connectivity index (χ3n) is 20.7. The Morgan fingerprint density at radius 1 is 0.313 bits per heavy atom. The predicted octanol–water partition coefficient (Wildman–Crippen LogP) is 28.6. The van der Waals surface area contributed by atoms with E-state index < -0.39 is 112 Å². The van der Waals surface area contributed by atoms with E-state index >= 15 is 0 Å². The van der Waals surface area contributed by atoms with Crippen molar-refractivity contribution in [3.8, 4) is 51.4 Å². The van der Waals surface area contributed by atoms with Gasteiger partial charge < -0.3 is 46.5 Å². The van der Waals surface area contributed by atoms with Crippen LogP contribution in [0.4, 0.5) is 74.6 Å². The van der Waals surface area contributed by atoms with Gasteiger partial charge in [-0.3, -0.25) is 0 Å². The van der Waals surface area contributed by atoms with E-state index in [0.29, 0.717) is 57.2 Å². The van der Waals surface area contributed by atoms with Crippen molar-refractivity contribution in [1.29, 1.82) is 0 Å². The molecule has 0 aliphatic carbocycles. The molecule has 147 heavy (non-hydrogen) atoms. The number of aryl methyl sites for hydroxylation is 1. The van der Waals surface area contributed by atoms with E-state index in [1.165, 1.54) is 178 Å². The molecule has 0 radical (unpaired) electrons. The lowest BCUT2D eigenvalue weighted by molar-refractivity contribution is -0.302. The minimum Gasteiger partial charge on any atom is -0.444 e. The van der Waals surface area contributed by atoms with E-state index in [9.17, 15) is 74.6 Å². The van der Waals surface area contributed by atoms with Crippen LogP contribution in [0.1, 0.15) is 202 Å². The quantitative estimate of drug-likeness (QED) is 0.0394. The van der Waals surface area contributed by atoms with E-state index in [-0.39, 0.29) is 50.6 Å². The molecule has 0 spiro atoms. The van der Waals surface area contributed by atoms with Crippen molar-refractivity contribution in [3.63, 3.8) is 0 Å². The highest BCUT2D eigenvalue weighted by molar-refractivity contribution is 6.30. The van der Waals surface area contributed by atoms with Crippen LogP contribution < -0.4 is 0 Å². The summed E-state index contributed by atoms with van der Waals surface area (Å²) >= 11 is 5.80. The van der Waals surface area contributed by atoms with Crippen LogP contribution in [0, 0.1) is 44.8 Å². The van der Waals surface area contributed by atoms with Crippen LogP contribution in [0.5, 0.6) is 0 Å². The molecular weight excluding hydrogens is 1980 g/mol. The number of rotatable bonds is 29. The summed E-state index contributed by atoms with van der Waals surface area (Å²) in [5.41, 5.74) is -2.31. The largest absolute Gasteiger partial charge is 0.451 e. The first kappa shape index (κ1) is 120. The van der Waals surface area contributed by atoms with Crippen LogP contribution in [-0.4, -0.2) is 123 Å². The van der Waals surface area contributed by atoms with E-state index in [1.807, 2.05) is 140 Å². The Hall–Kier alpha value is -12.5. The number of para-hydroxylation sites is 2. The van der Waals surface area contributed by atoms with Crippen LogP contribution in [0.15, 0.2) is 244 Å². The molecule has 14 aromatic rings. The zero-order valence-electron chi connectivity index (χ0n) is 85.1. The molecular formula is C103H120ClF17N16O10. The van der Waals surface area contributed by atoms with Gasteiger partial charge in [-0.25, -0.2) is 24.0 Å². The van der Waals surface area contributed by atoms with E-state index in [2.05, 4.69) is 84.9 Å². The molecule has 0 unspecified atom stereocenters. The molecule has 0 amide bonds. The molecule has 0 saturated carbocycles. The second kappa shape index (κ2) is 49.5. The Morgan fingerprint density at radius 3 is 1.03 bits per heavy atom. The second-order valence-electron chi connectivity index (χ2n) is 40.3. The van der Waals surface area contributed by atoms with E-state index in [1.54, 1.807) is 84.8 Å².